The number of anilines is 1. The molecule has 0 radical (unpaired) electrons. The summed E-state index contributed by atoms with van der Waals surface area (Å²) in [7, 11) is 0. The number of rotatable bonds is 7. The first kappa shape index (κ1) is 19.0. The Morgan fingerprint density at radius 1 is 1.07 bits per heavy atom. The molecule has 0 saturated heterocycles. The molecule has 4 rings (SSSR count). The molecule has 0 fully saturated rings. The van der Waals surface area contributed by atoms with Crippen molar-refractivity contribution in [3.05, 3.63) is 78.6 Å². The van der Waals surface area contributed by atoms with Gasteiger partial charge in [0, 0.05) is 11.4 Å². The van der Waals surface area contributed by atoms with E-state index in [0.29, 0.717) is 16.7 Å². The lowest BCUT2D eigenvalue weighted by atomic mass is 10.1. The zero-order valence-electron chi connectivity index (χ0n) is 15.9. The Bertz CT molecular complexity index is 1090. The fraction of sp³-hybridized carbons (Fsp3) is 0.136. The van der Waals surface area contributed by atoms with Crippen LogP contribution in [-0.4, -0.2) is 26.4 Å². The normalized spacial score (nSPS) is 10.8. The van der Waals surface area contributed by atoms with Crippen molar-refractivity contribution >= 4 is 23.4 Å². The average Bonchev–Trinajstić information content (AvgIpc) is 3.42. The summed E-state index contributed by atoms with van der Waals surface area (Å²) in [4.78, 5) is 12.5. The number of hydrogen-bond donors (Lipinski definition) is 1. The zero-order valence-corrected chi connectivity index (χ0v) is 16.7. The van der Waals surface area contributed by atoms with Crippen LogP contribution in [0.5, 0.6) is 0 Å². The predicted molar refractivity (Wildman–Crippen MR) is 114 cm³/mol. The second-order valence-electron chi connectivity index (χ2n) is 6.35. The Morgan fingerprint density at radius 2 is 1.93 bits per heavy atom. The smallest absolute Gasteiger partial charge is 0.234 e. The average molecular weight is 404 g/mol. The number of aryl methyl sites for hydroxylation is 1. The van der Waals surface area contributed by atoms with Gasteiger partial charge in [-0.3, -0.25) is 9.36 Å². The number of thioether (sulfide) groups is 1. The van der Waals surface area contributed by atoms with E-state index in [1.54, 1.807) is 6.26 Å². The van der Waals surface area contributed by atoms with E-state index in [1.165, 1.54) is 17.3 Å². The highest BCUT2D eigenvalue weighted by molar-refractivity contribution is 7.99. The van der Waals surface area contributed by atoms with Gasteiger partial charge in [-0.1, -0.05) is 49.0 Å². The van der Waals surface area contributed by atoms with Crippen LogP contribution in [0, 0.1) is 0 Å². The van der Waals surface area contributed by atoms with E-state index in [9.17, 15) is 4.79 Å². The molecule has 0 saturated carbocycles. The molecule has 0 atom stereocenters. The van der Waals surface area contributed by atoms with Gasteiger partial charge in [0.05, 0.1) is 12.0 Å². The topological polar surface area (TPSA) is 73.0 Å². The number of amides is 1. The summed E-state index contributed by atoms with van der Waals surface area (Å²) in [5.74, 6) is 1.35. The lowest BCUT2D eigenvalue weighted by Crippen LogP contribution is -2.14. The van der Waals surface area contributed by atoms with E-state index in [0.717, 1.165) is 17.8 Å². The molecule has 2 aromatic carbocycles. The number of aromatic nitrogens is 3. The summed E-state index contributed by atoms with van der Waals surface area (Å²) in [5.41, 5.74) is 2.89. The van der Waals surface area contributed by atoms with Gasteiger partial charge in [0.1, 0.15) is 0 Å². The second kappa shape index (κ2) is 8.79. The first-order valence-corrected chi connectivity index (χ1v) is 10.3. The molecule has 0 aliphatic carbocycles. The van der Waals surface area contributed by atoms with Crippen molar-refractivity contribution in [2.24, 2.45) is 0 Å². The summed E-state index contributed by atoms with van der Waals surface area (Å²) >= 11 is 1.33. The molecule has 6 nitrogen and oxygen atoms in total. The van der Waals surface area contributed by atoms with Crippen LogP contribution >= 0.6 is 11.8 Å². The van der Waals surface area contributed by atoms with E-state index in [1.807, 2.05) is 71.3 Å². The third-order valence-corrected chi connectivity index (χ3v) is 5.27. The van der Waals surface area contributed by atoms with Gasteiger partial charge >= 0.3 is 0 Å². The lowest BCUT2D eigenvalue weighted by Gasteiger charge is -2.09. The number of furan rings is 1. The van der Waals surface area contributed by atoms with Gasteiger partial charge in [-0.15, -0.1) is 10.2 Å². The maximum atomic E-state index is 12.5. The van der Waals surface area contributed by atoms with Crippen molar-refractivity contribution in [1.29, 1.82) is 0 Å². The number of benzene rings is 2. The van der Waals surface area contributed by atoms with E-state index in [2.05, 4.69) is 22.4 Å². The molecule has 29 heavy (non-hydrogen) atoms. The first-order valence-electron chi connectivity index (χ1n) is 9.31. The highest BCUT2D eigenvalue weighted by atomic mass is 32.2. The largest absolute Gasteiger partial charge is 0.461 e. The molecule has 0 spiro atoms. The van der Waals surface area contributed by atoms with Crippen LogP contribution in [0.2, 0.25) is 0 Å². The fourth-order valence-electron chi connectivity index (χ4n) is 2.93. The fourth-order valence-corrected chi connectivity index (χ4v) is 3.69. The van der Waals surface area contributed by atoms with Crippen molar-refractivity contribution in [2.75, 3.05) is 11.1 Å². The van der Waals surface area contributed by atoms with Crippen LogP contribution < -0.4 is 5.32 Å². The molecule has 1 amide bonds. The molecule has 7 heteroatoms. The second-order valence-corrected chi connectivity index (χ2v) is 7.29. The summed E-state index contributed by atoms with van der Waals surface area (Å²) in [6.07, 6.45) is 2.53. The highest BCUT2D eigenvalue weighted by Gasteiger charge is 2.18. The Hall–Kier alpha value is -3.32. The Balaban J connectivity index is 1.53. The van der Waals surface area contributed by atoms with E-state index in [-0.39, 0.29) is 11.7 Å². The maximum Gasteiger partial charge on any atom is 0.234 e. The molecular weight excluding hydrogens is 384 g/mol. The van der Waals surface area contributed by atoms with Crippen LogP contribution in [0.15, 0.2) is 82.6 Å². The third kappa shape index (κ3) is 4.41. The number of carbonyl (C=O) groups is 1. The van der Waals surface area contributed by atoms with Crippen molar-refractivity contribution in [2.45, 2.75) is 18.5 Å². The predicted octanol–water partition coefficient (Wildman–Crippen LogP) is 4.82. The third-order valence-electron chi connectivity index (χ3n) is 4.34. The number of nitrogens with zero attached hydrogens (tertiary/aromatic N) is 3. The standard InChI is InChI=1S/C22H20N4O2S/c1-2-16-8-6-9-17(14-16)23-20(27)15-29-22-25-24-21(19-12-7-13-28-19)26(22)18-10-4-3-5-11-18/h3-14H,2,15H2,1H3,(H,23,27). The van der Waals surface area contributed by atoms with Crippen molar-refractivity contribution in [3.63, 3.8) is 0 Å². The van der Waals surface area contributed by atoms with Crippen molar-refractivity contribution in [1.82, 2.24) is 14.8 Å². The minimum absolute atomic E-state index is 0.0922. The molecule has 0 bridgehead atoms. The van der Waals surface area contributed by atoms with Crippen LogP contribution in [0.25, 0.3) is 17.3 Å². The van der Waals surface area contributed by atoms with Gasteiger partial charge in [-0.05, 0) is 48.4 Å². The Kier molecular flexibility index (Phi) is 5.76. The van der Waals surface area contributed by atoms with Gasteiger partial charge in [0.25, 0.3) is 0 Å². The zero-order chi connectivity index (χ0) is 20.1. The Labute approximate surface area is 173 Å². The van der Waals surface area contributed by atoms with E-state index in [4.69, 9.17) is 4.42 Å². The summed E-state index contributed by atoms with van der Waals surface area (Å²) in [6.45, 7) is 2.09. The van der Waals surface area contributed by atoms with E-state index < -0.39 is 0 Å². The molecule has 146 valence electrons. The summed E-state index contributed by atoms with van der Waals surface area (Å²) in [6, 6.07) is 21.3. The number of carbonyl (C=O) groups excluding carboxylic acids is 1. The van der Waals surface area contributed by atoms with Gasteiger partial charge in [0.2, 0.25) is 11.7 Å². The molecule has 1 N–H and O–H groups in total. The van der Waals surface area contributed by atoms with Gasteiger partial charge in [-0.2, -0.15) is 0 Å². The van der Waals surface area contributed by atoms with Crippen molar-refractivity contribution in [3.8, 4) is 17.3 Å². The molecule has 0 aliphatic rings. The molecule has 2 heterocycles. The minimum Gasteiger partial charge on any atom is -0.461 e. The number of para-hydroxylation sites is 1. The van der Waals surface area contributed by atoms with Gasteiger partial charge in [-0.25, -0.2) is 0 Å². The SMILES string of the molecule is CCc1cccc(NC(=O)CSc2nnc(-c3ccco3)n2-c2ccccc2)c1. The molecule has 4 aromatic rings. The van der Waals surface area contributed by atoms with Gasteiger partial charge in [0.15, 0.2) is 10.9 Å². The van der Waals surface area contributed by atoms with Crippen LogP contribution in [0.3, 0.4) is 0 Å². The first-order chi connectivity index (χ1) is 14.2. The molecule has 0 aliphatic heterocycles. The van der Waals surface area contributed by atoms with Gasteiger partial charge < -0.3 is 9.73 Å². The van der Waals surface area contributed by atoms with E-state index >= 15 is 0 Å². The molecular formula is C22H20N4O2S. The summed E-state index contributed by atoms with van der Waals surface area (Å²) < 4.78 is 7.41. The molecule has 0 unspecified atom stereocenters. The van der Waals surface area contributed by atoms with Crippen LogP contribution in [0.4, 0.5) is 5.69 Å². The Morgan fingerprint density at radius 3 is 2.69 bits per heavy atom. The van der Waals surface area contributed by atoms with Crippen molar-refractivity contribution < 1.29 is 9.21 Å². The molecule has 2 aromatic heterocycles. The lowest BCUT2D eigenvalue weighted by molar-refractivity contribution is -0.113. The number of hydrogen-bond acceptors (Lipinski definition) is 5. The number of nitrogens with one attached hydrogen (secondary N) is 1. The minimum atomic E-state index is -0.0922. The van der Waals surface area contributed by atoms with Crippen LogP contribution in [-0.2, 0) is 11.2 Å². The highest BCUT2D eigenvalue weighted by Crippen LogP contribution is 2.28. The monoisotopic (exact) mass is 404 g/mol. The quantitative estimate of drug-likeness (QED) is 0.447. The van der Waals surface area contributed by atoms with Crippen LogP contribution in [0.1, 0.15) is 12.5 Å². The maximum absolute atomic E-state index is 12.5. The summed E-state index contributed by atoms with van der Waals surface area (Å²) in [5, 5.41) is 12.1.